The molecule has 2 aromatic heterocycles. The molecule has 302 valence electrons. The first-order valence-electron chi connectivity index (χ1n) is 17.6. The van der Waals surface area contributed by atoms with Crippen LogP contribution in [0.15, 0.2) is 48.1 Å². The topological polar surface area (TPSA) is 135 Å². The maximum Gasteiger partial charge on any atom is 0.425 e. The van der Waals surface area contributed by atoms with Gasteiger partial charge in [-0.15, -0.1) is 11.3 Å². The van der Waals surface area contributed by atoms with Crippen molar-refractivity contribution in [1.29, 1.82) is 0 Å². The first-order valence-corrected chi connectivity index (χ1v) is 18.5. The molecule has 1 aliphatic rings. The number of benzene rings is 1. The predicted molar refractivity (Wildman–Crippen MR) is 188 cm³/mol. The number of piperidine rings is 1. The Morgan fingerprint density at radius 3 is 2.45 bits per heavy atom. The maximum atomic E-state index is 15.1. The highest BCUT2D eigenvalue weighted by molar-refractivity contribution is 7.10. The molecule has 1 aliphatic heterocycles. The average Bonchev–Trinajstić information content (AvgIpc) is 3.61. The SMILES string of the molecule is CCC[C@H]1N(C(=O)c2cnccc2C(F)(F)F)CCC[C@@]1(Oc1csc(C(F)(F)F)c1)C(=O)N(C)CCC(N)(CC)c1cccc(F)c1OCCCC(=O)O. The number of nitrogens with two attached hydrogens (primary N) is 1. The van der Waals surface area contributed by atoms with Crippen LogP contribution in [0.2, 0.25) is 0 Å². The lowest BCUT2D eigenvalue weighted by molar-refractivity contribution is -0.158. The van der Waals surface area contributed by atoms with E-state index < -0.39 is 69.1 Å². The Kier molecular flexibility index (Phi) is 13.8. The first-order chi connectivity index (χ1) is 25.8. The van der Waals surface area contributed by atoms with E-state index in [1.54, 1.807) is 19.9 Å². The predicted octanol–water partition coefficient (Wildman–Crippen LogP) is 7.90. The van der Waals surface area contributed by atoms with Gasteiger partial charge in [-0.05, 0) is 44.2 Å². The van der Waals surface area contributed by atoms with Gasteiger partial charge in [-0.1, -0.05) is 32.4 Å². The molecule has 3 N–H and O–H groups in total. The Hall–Kier alpha value is -4.45. The fourth-order valence-corrected chi connectivity index (χ4v) is 7.52. The minimum Gasteiger partial charge on any atom is -0.490 e. The number of ether oxygens (including phenoxy) is 2. The van der Waals surface area contributed by atoms with E-state index in [1.165, 1.54) is 18.0 Å². The molecule has 55 heavy (non-hydrogen) atoms. The average molecular weight is 805 g/mol. The third kappa shape index (κ3) is 9.87. The summed E-state index contributed by atoms with van der Waals surface area (Å²) in [7, 11) is 1.40. The molecule has 10 nitrogen and oxygen atoms in total. The number of thiophene rings is 1. The van der Waals surface area contributed by atoms with Crippen LogP contribution in [0.4, 0.5) is 30.7 Å². The van der Waals surface area contributed by atoms with E-state index in [9.17, 15) is 40.7 Å². The van der Waals surface area contributed by atoms with E-state index in [2.05, 4.69) is 4.98 Å². The van der Waals surface area contributed by atoms with E-state index >= 15 is 4.39 Å². The summed E-state index contributed by atoms with van der Waals surface area (Å²) in [6, 6.07) is 4.30. The Morgan fingerprint density at radius 1 is 1.11 bits per heavy atom. The molecule has 1 fully saturated rings. The van der Waals surface area contributed by atoms with Crippen LogP contribution in [0.5, 0.6) is 11.5 Å². The van der Waals surface area contributed by atoms with Crippen molar-refractivity contribution in [3.8, 4) is 11.5 Å². The summed E-state index contributed by atoms with van der Waals surface area (Å²) in [5.41, 5.74) is 1.75. The van der Waals surface area contributed by atoms with Gasteiger partial charge in [0.1, 0.15) is 10.6 Å². The van der Waals surface area contributed by atoms with Gasteiger partial charge in [0.05, 0.1) is 23.8 Å². The molecule has 0 aliphatic carbocycles. The van der Waals surface area contributed by atoms with Gasteiger partial charge in [0.25, 0.3) is 11.8 Å². The zero-order chi connectivity index (χ0) is 40.8. The number of para-hydroxylation sites is 1. The first kappa shape index (κ1) is 43.3. The molecule has 1 saturated heterocycles. The number of likely N-dealkylation sites (tertiary alicyclic amines) is 1. The molecule has 0 spiro atoms. The molecule has 3 heterocycles. The maximum absolute atomic E-state index is 15.1. The fraction of sp³-hybridized carbons (Fsp3) is 0.514. The van der Waals surface area contributed by atoms with Crippen LogP contribution in [-0.4, -0.2) is 76.1 Å². The highest BCUT2D eigenvalue weighted by Gasteiger charge is 2.55. The molecular formula is C37H43F7N4O6S. The normalized spacial score (nSPS) is 18.7. The summed E-state index contributed by atoms with van der Waals surface area (Å²) in [6.45, 7) is 3.14. The number of aliphatic carboxylic acids is 1. The quantitative estimate of drug-likeness (QED) is 0.110. The number of rotatable bonds is 16. The second-order valence-corrected chi connectivity index (χ2v) is 14.3. The van der Waals surface area contributed by atoms with E-state index in [-0.39, 0.29) is 81.7 Å². The Labute approximate surface area is 317 Å². The molecule has 0 saturated carbocycles. The Morgan fingerprint density at radius 2 is 1.84 bits per heavy atom. The lowest BCUT2D eigenvalue weighted by atomic mass is 9.79. The van der Waals surface area contributed by atoms with Gasteiger partial charge in [-0.2, -0.15) is 26.3 Å². The van der Waals surface area contributed by atoms with Gasteiger partial charge >= 0.3 is 18.3 Å². The Balaban J connectivity index is 1.73. The van der Waals surface area contributed by atoms with Gasteiger partial charge in [0, 0.05) is 67.9 Å². The van der Waals surface area contributed by atoms with Crippen molar-refractivity contribution in [2.45, 2.75) is 94.7 Å². The van der Waals surface area contributed by atoms with Crippen LogP contribution < -0.4 is 15.2 Å². The van der Waals surface area contributed by atoms with Crippen molar-refractivity contribution in [2.75, 3.05) is 26.7 Å². The molecule has 0 bridgehead atoms. The highest BCUT2D eigenvalue weighted by atomic mass is 32.1. The number of carboxylic acid groups (broad SMARTS) is 1. The van der Waals surface area contributed by atoms with Crippen molar-refractivity contribution in [3.63, 3.8) is 0 Å². The number of aromatic nitrogens is 1. The second-order valence-electron chi connectivity index (χ2n) is 13.4. The molecular weight excluding hydrogens is 761 g/mol. The summed E-state index contributed by atoms with van der Waals surface area (Å²) < 4.78 is 110. The molecule has 4 rings (SSSR count). The summed E-state index contributed by atoms with van der Waals surface area (Å²) in [4.78, 5) is 44.9. The second kappa shape index (κ2) is 17.6. The summed E-state index contributed by atoms with van der Waals surface area (Å²) in [6.07, 6.45) is -7.57. The van der Waals surface area contributed by atoms with Crippen LogP contribution in [0, 0.1) is 5.82 Å². The fourth-order valence-electron chi connectivity index (χ4n) is 6.84. The van der Waals surface area contributed by atoms with Crippen LogP contribution >= 0.6 is 11.3 Å². The zero-order valence-corrected chi connectivity index (χ0v) is 31.3. The highest BCUT2D eigenvalue weighted by Crippen LogP contribution is 2.43. The molecule has 1 aromatic carbocycles. The number of nitrogens with zero attached hydrogens (tertiary/aromatic N) is 3. The number of carboxylic acids is 1. The van der Waals surface area contributed by atoms with Crippen LogP contribution in [0.1, 0.15) is 91.6 Å². The number of carbonyl (C=O) groups is 3. The standard InChI is InChI=1S/C37H43F7N4O6S/c1-4-9-28-35(54-23-20-29(55-22-23)37(42,43)44,14-8-17-48(28)32(51)24-21-46-16-13-25(24)36(39,40)41)33(52)47(3)18-15-34(45,5-2)26-10-6-11-27(38)31(26)53-19-7-12-30(49)50/h6,10-11,13,16,20-22,28H,4-5,7-9,12,14-15,17-19,45H2,1-3H3,(H,49,50)/t28-,34?,35+/m1/s1. The third-order valence-corrected chi connectivity index (χ3v) is 10.7. The van der Waals surface area contributed by atoms with Gasteiger partial charge in [0.2, 0.25) is 5.60 Å². The number of amides is 2. The third-order valence-electron chi connectivity index (χ3n) is 9.71. The lowest BCUT2D eigenvalue weighted by Crippen LogP contribution is -2.67. The molecule has 3 aromatic rings. The summed E-state index contributed by atoms with van der Waals surface area (Å²) in [5.74, 6) is -4.10. The van der Waals surface area contributed by atoms with Crippen molar-refractivity contribution < 1.29 is 59.7 Å². The lowest BCUT2D eigenvalue weighted by Gasteiger charge is -2.49. The van der Waals surface area contributed by atoms with Crippen molar-refractivity contribution >= 4 is 29.1 Å². The number of alkyl halides is 6. The van der Waals surface area contributed by atoms with E-state index in [0.717, 1.165) is 34.8 Å². The number of hydrogen-bond donors (Lipinski definition) is 2. The largest absolute Gasteiger partial charge is 0.490 e. The van der Waals surface area contributed by atoms with Gasteiger partial charge in [0.15, 0.2) is 11.6 Å². The molecule has 2 amide bonds. The monoisotopic (exact) mass is 804 g/mol. The van der Waals surface area contributed by atoms with Crippen molar-refractivity contribution in [1.82, 2.24) is 14.8 Å². The van der Waals surface area contributed by atoms with Crippen LogP contribution in [0.25, 0.3) is 0 Å². The van der Waals surface area contributed by atoms with Crippen LogP contribution in [-0.2, 0) is 27.5 Å². The molecule has 0 radical (unpaired) electrons. The number of carbonyl (C=O) groups excluding carboxylic acids is 2. The number of pyridine rings is 1. The molecule has 1 unspecified atom stereocenters. The van der Waals surface area contributed by atoms with Gasteiger partial charge < -0.3 is 30.1 Å². The minimum atomic E-state index is -4.92. The summed E-state index contributed by atoms with van der Waals surface area (Å²) in [5, 5.41) is 10.0. The molecule has 3 atom stereocenters. The number of likely N-dealkylation sites (N-methyl/N-ethyl adjacent to an activating group) is 1. The minimum absolute atomic E-state index is 0.000844. The summed E-state index contributed by atoms with van der Waals surface area (Å²) >= 11 is 0.335. The smallest absolute Gasteiger partial charge is 0.425 e. The van der Waals surface area contributed by atoms with E-state index in [0.29, 0.717) is 23.8 Å². The molecule has 18 heteroatoms. The van der Waals surface area contributed by atoms with Gasteiger partial charge in [-0.25, -0.2) is 4.39 Å². The van der Waals surface area contributed by atoms with Crippen molar-refractivity contribution in [3.05, 3.63) is 75.5 Å². The van der Waals surface area contributed by atoms with Crippen molar-refractivity contribution in [2.24, 2.45) is 5.73 Å². The Bertz CT molecular complexity index is 1820. The van der Waals surface area contributed by atoms with Gasteiger partial charge in [-0.3, -0.25) is 19.4 Å². The number of hydrogen-bond acceptors (Lipinski definition) is 8. The zero-order valence-electron chi connectivity index (χ0n) is 30.4. The van der Waals surface area contributed by atoms with Crippen LogP contribution in [0.3, 0.4) is 0 Å². The van der Waals surface area contributed by atoms with E-state index in [1.807, 2.05) is 0 Å². The van der Waals surface area contributed by atoms with E-state index in [4.69, 9.17) is 20.3 Å². The number of halogens is 7.